The standard InChI is InChI=1S/C15H25N3O2/c1-5-9-17-15(16-6-2)18-11-12-7-8-13(19-3)14(10-12)20-4/h7-8,10H,5-6,9,11H2,1-4H3,(H2,16,17,18). The third kappa shape index (κ3) is 4.99. The number of ether oxygens (including phenoxy) is 2. The topological polar surface area (TPSA) is 54.9 Å². The lowest BCUT2D eigenvalue weighted by Crippen LogP contribution is -2.37. The summed E-state index contributed by atoms with van der Waals surface area (Å²) in [6, 6.07) is 5.84. The molecule has 0 aliphatic carbocycles. The zero-order chi connectivity index (χ0) is 14.8. The van der Waals surface area contributed by atoms with Crippen molar-refractivity contribution in [1.29, 1.82) is 0 Å². The van der Waals surface area contributed by atoms with Crippen LogP contribution < -0.4 is 20.1 Å². The molecule has 1 rings (SSSR count). The number of nitrogens with one attached hydrogen (secondary N) is 2. The molecular formula is C15H25N3O2. The number of aliphatic imine (C=N–C) groups is 1. The first-order valence-electron chi connectivity index (χ1n) is 6.98. The van der Waals surface area contributed by atoms with Crippen LogP contribution >= 0.6 is 0 Å². The SMILES string of the molecule is CCCNC(=NCc1ccc(OC)c(OC)c1)NCC. The van der Waals surface area contributed by atoms with E-state index < -0.39 is 0 Å². The lowest BCUT2D eigenvalue weighted by atomic mass is 10.2. The highest BCUT2D eigenvalue weighted by atomic mass is 16.5. The van der Waals surface area contributed by atoms with E-state index in [4.69, 9.17) is 9.47 Å². The molecule has 0 saturated heterocycles. The zero-order valence-electron chi connectivity index (χ0n) is 12.8. The van der Waals surface area contributed by atoms with E-state index in [0.717, 1.165) is 42.5 Å². The van der Waals surface area contributed by atoms with E-state index in [1.54, 1.807) is 14.2 Å². The lowest BCUT2D eigenvalue weighted by Gasteiger charge is -2.11. The smallest absolute Gasteiger partial charge is 0.191 e. The van der Waals surface area contributed by atoms with E-state index in [0.29, 0.717) is 6.54 Å². The van der Waals surface area contributed by atoms with Gasteiger partial charge in [0.15, 0.2) is 17.5 Å². The quantitative estimate of drug-likeness (QED) is 0.593. The Hall–Kier alpha value is -1.91. The minimum atomic E-state index is 0.597. The second kappa shape index (κ2) is 9.07. The Morgan fingerprint density at radius 3 is 2.45 bits per heavy atom. The molecule has 0 aliphatic rings. The molecule has 5 heteroatoms. The molecule has 0 aliphatic heterocycles. The summed E-state index contributed by atoms with van der Waals surface area (Å²) in [5.41, 5.74) is 1.08. The largest absolute Gasteiger partial charge is 0.493 e. The van der Waals surface area contributed by atoms with Crippen molar-refractivity contribution in [3.05, 3.63) is 23.8 Å². The van der Waals surface area contributed by atoms with Crippen molar-refractivity contribution in [2.24, 2.45) is 4.99 Å². The highest BCUT2D eigenvalue weighted by Crippen LogP contribution is 2.27. The van der Waals surface area contributed by atoms with Crippen molar-refractivity contribution in [2.45, 2.75) is 26.8 Å². The molecule has 5 nitrogen and oxygen atoms in total. The molecule has 2 N–H and O–H groups in total. The van der Waals surface area contributed by atoms with E-state index in [9.17, 15) is 0 Å². The minimum Gasteiger partial charge on any atom is -0.493 e. The monoisotopic (exact) mass is 279 g/mol. The van der Waals surface area contributed by atoms with Gasteiger partial charge in [0.1, 0.15) is 0 Å². The molecular weight excluding hydrogens is 254 g/mol. The molecule has 0 atom stereocenters. The fourth-order valence-corrected chi connectivity index (χ4v) is 1.73. The van der Waals surface area contributed by atoms with Crippen LogP contribution in [0.5, 0.6) is 11.5 Å². The van der Waals surface area contributed by atoms with Crippen LogP contribution in [0.15, 0.2) is 23.2 Å². The molecule has 0 amide bonds. The zero-order valence-corrected chi connectivity index (χ0v) is 12.8. The van der Waals surface area contributed by atoms with Gasteiger partial charge in [-0.1, -0.05) is 13.0 Å². The Morgan fingerprint density at radius 1 is 1.10 bits per heavy atom. The predicted octanol–water partition coefficient (Wildman–Crippen LogP) is 2.17. The first kappa shape index (κ1) is 16.1. The van der Waals surface area contributed by atoms with E-state index >= 15 is 0 Å². The van der Waals surface area contributed by atoms with Crippen molar-refractivity contribution in [3.8, 4) is 11.5 Å². The van der Waals surface area contributed by atoms with Crippen LogP contribution in [0.2, 0.25) is 0 Å². The van der Waals surface area contributed by atoms with Gasteiger partial charge in [-0.15, -0.1) is 0 Å². The van der Waals surface area contributed by atoms with E-state index in [2.05, 4.69) is 29.5 Å². The fraction of sp³-hybridized carbons (Fsp3) is 0.533. The normalized spacial score (nSPS) is 11.1. The summed E-state index contributed by atoms with van der Waals surface area (Å²) in [6.07, 6.45) is 1.07. The lowest BCUT2D eigenvalue weighted by molar-refractivity contribution is 0.354. The molecule has 20 heavy (non-hydrogen) atoms. The second-order valence-electron chi connectivity index (χ2n) is 4.31. The molecule has 1 aromatic carbocycles. The van der Waals surface area contributed by atoms with Gasteiger partial charge in [-0.25, -0.2) is 4.99 Å². The van der Waals surface area contributed by atoms with Crippen LogP contribution in [0.4, 0.5) is 0 Å². The number of hydrogen-bond donors (Lipinski definition) is 2. The van der Waals surface area contributed by atoms with Crippen LogP contribution in [-0.4, -0.2) is 33.3 Å². The van der Waals surface area contributed by atoms with Crippen molar-refractivity contribution in [1.82, 2.24) is 10.6 Å². The molecule has 0 heterocycles. The second-order valence-corrected chi connectivity index (χ2v) is 4.31. The van der Waals surface area contributed by atoms with Gasteiger partial charge in [-0.3, -0.25) is 0 Å². The fourth-order valence-electron chi connectivity index (χ4n) is 1.73. The molecule has 0 unspecified atom stereocenters. The number of benzene rings is 1. The third-order valence-corrected chi connectivity index (χ3v) is 2.75. The summed E-state index contributed by atoms with van der Waals surface area (Å²) >= 11 is 0. The highest BCUT2D eigenvalue weighted by Gasteiger charge is 2.04. The van der Waals surface area contributed by atoms with Gasteiger partial charge in [0.05, 0.1) is 20.8 Å². The summed E-state index contributed by atoms with van der Waals surface area (Å²) < 4.78 is 10.5. The average molecular weight is 279 g/mol. The van der Waals surface area contributed by atoms with Crippen molar-refractivity contribution in [2.75, 3.05) is 27.3 Å². The summed E-state index contributed by atoms with van der Waals surface area (Å²) in [4.78, 5) is 4.55. The number of rotatable bonds is 7. The molecule has 0 radical (unpaired) electrons. The molecule has 1 aromatic rings. The molecule has 112 valence electrons. The molecule has 0 saturated carbocycles. The number of nitrogens with zero attached hydrogens (tertiary/aromatic N) is 1. The van der Waals surface area contributed by atoms with E-state index in [1.165, 1.54) is 0 Å². The Bertz CT molecular complexity index is 433. The summed E-state index contributed by atoms with van der Waals surface area (Å²) in [5.74, 6) is 2.30. The van der Waals surface area contributed by atoms with Crippen molar-refractivity contribution < 1.29 is 9.47 Å². The number of guanidine groups is 1. The summed E-state index contributed by atoms with van der Waals surface area (Å²) in [5, 5.41) is 6.50. The number of hydrogen-bond acceptors (Lipinski definition) is 3. The van der Waals surface area contributed by atoms with Gasteiger partial charge in [0.2, 0.25) is 0 Å². The Morgan fingerprint density at radius 2 is 1.85 bits per heavy atom. The average Bonchev–Trinajstić information content (AvgIpc) is 2.49. The molecule has 0 spiro atoms. The van der Waals surface area contributed by atoms with Gasteiger partial charge in [0.25, 0.3) is 0 Å². The van der Waals surface area contributed by atoms with Crippen molar-refractivity contribution >= 4 is 5.96 Å². The minimum absolute atomic E-state index is 0.597. The molecule has 0 bridgehead atoms. The van der Waals surface area contributed by atoms with Crippen molar-refractivity contribution in [3.63, 3.8) is 0 Å². The first-order valence-corrected chi connectivity index (χ1v) is 6.98. The van der Waals surface area contributed by atoms with Crippen LogP contribution in [0.1, 0.15) is 25.8 Å². The Balaban J connectivity index is 2.74. The maximum absolute atomic E-state index is 5.29. The maximum atomic E-state index is 5.29. The molecule has 0 aromatic heterocycles. The van der Waals surface area contributed by atoms with Crippen LogP contribution in [-0.2, 0) is 6.54 Å². The van der Waals surface area contributed by atoms with Gasteiger partial charge in [-0.05, 0) is 31.0 Å². The Labute approximate surface area is 121 Å². The predicted molar refractivity (Wildman–Crippen MR) is 82.7 cm³/mol. The Kier molecular flexibility index (Phi) is 7.32. The van der Waals surface area contributed by atoms with Gasteiger partial charge in [0, 0.05) is 13.1 Å². The summed E-state index contributed by atoms with van der Waals surface area (Å²) in [6.45, 7) is 6.54. The first-order chi connectivity index (χ1) is 9.74. The summed E-state index contributed by atoms with van der Waals surface area (Å²) in [7, 11) is 3.27. The van der Waals surface area contributed by atoms with Crippen LogP contribution in [0, 0.1) is 0 Å². The van der Waals surface area contributed by atoms with Crippen LogP contribution in [0.25, 0.3) is 0 Å². The number of methoxy groups -OCH3 is 2. The highest BCUT2D eigenvalue weighted by molar-refractivity contribution is 5.79. The van der Waals surface area contributed by atoms with Gasteiger partial charge >= 0.3 is 0 Å². The third-order valence-electron chi connectivity index (χ3n) is 2.75. The molecule has 0 fully saturated rings. The van der Waals surface area contributed by atoms with Gasteiger partial charge in [-0.2, -0.15) is 0 Å². The van der Waals surface area contributed by atoms with E-state index in [1.807, 2.05) is 18.2 Å². The van der Waals surface area contributed by atoms with E-state index in [-0.39, 0.29) is 0 Å². The maximum Gasteiger partial charge on any atom is 0.191 e. The van der Waals surface area contributed by atoms with Crippen LogP contribution in [0.3, 0.4) is 0 Å². The van der Waals surface area contributed by atoms with Gasteiger partial charge < -0.3 is 20.1 Å².